The minimum Gasteiger partial charge on any atom is -0.369 e. The Morgan fingerprint density at radius 2 is 1.73 bits per heavy atom. The Balaban J connectivity index is 0.844. The van der Waals surface area contributed by atoms with Crippen LogP contribution in [-0.4, -0.2) is 102 Å². The lowest BCUT2D eigenvalue weighted by Crippen LogP contribution is -2.49. The molecule has 17 heteroatoms. The molecule has 3 N–H and O–H groups in total. The van der Waals surface area contributed by atoms with Crippen molar-refractivity contribution >= 4 is 50.2 Å². The maximum absolute atomic E-state index is 15.7. The van der Waals surface area contributed by atoms with Crippen LogP contribution in [0.15, 0.2) is 85.3 Å². The zero-order valence-corrected chi connectivity index (χ0v) is 33.2. The van der Waals surface area contributed by atoms with Gasteiger partial charge >= 0.3 is 10.2 Å². The van der Waals surface area contributed by atoms with Gasteiger partial charge in [0.1, 0.15) is 23.7 Å². The number of piperazine rings is 1. The number of hydrogen-bond donors (Lipinski definition) is 3. The number of anilines is 2. The van der Waals surface area contributed by atoms with Gasteiger partial charge in [0.25, 0.3) is 5.91 Å². The first-order valence-electron chi connectivity index (χ1n) is 19.7. The van der Waals surface area contributed by atoms with Gasteiger partial charge in [0.15, 0.2) is 5.82 Å². The summed E-state index contributed by atoms with van der Waals surface area (Å²) in [7, 11) is -4.36. The number of aromatic amines is 1. The van der Waals surface area contributed by atoms with E-state index in [1.165, 1.54) is 6.20 Å². The number of carbonyl (C=O) groups is 3. The summed E-state index contributed by atoms with van der Waals surface area (Å²) < 4.78 is 73.0. The Morgan fingerprint density at radius 3 is 2.47 bits per heavy atom. The van der Waals surface area contributed by atoms with Gasteiger partial charge in [-0.2, -0.15) is 12.7 Å². The molecule has 310 valence electrons. The van der Waals surface area contributed by atoms with Crippen LogP contribution in [0.5, 0.6) is 0 Å². The zero-order valence-electron chi connectivity index (χ0n) is 32.4. The number of nitrogens with zero attached hydrogens (tertiary/aromatic N) is 5. The Hall–Kier alpha value is -6.04. The van der Waals surface area contributed by atoms with E-state index in [0.29, 0.717) is 47.2 Å². The summed E-state index contributed by atoms with van der Waals surface area (Å²) >= 11 is 0. The Labute approximate surface area is 344 Å². The molecule has 2 amide bonds. The molecule has 6 heterocycles. The van der Waals surface area contributed by atoms with E-state index in [1.54, 1.807) is 17.2 Å². The number of halogens is 3. The maximum atomic E-state index is 15.7. The number of nitrogens with one attached hydrogen (secondary N) is 3. The van der Waals surface area contributed by atoms with Crippen molar-refractivity contribution < 1.29 is 36.0 Å². The van der Waals surface area contributed by atoms with Crippen LogP contribution < -0.4 is 14.9 Å². The lowest BCUT2D eigenvalue weighted by molar-refractivity contribution is -0.126. The van der Waals surface area contributed by atoms with Gasteiger partial charge in [-0.1, -0.05) is 30.8 Å². The SMILES string of the molecule is C=C1CCC(N2Cc3cc(CN4CCN(c5ccc(-c6cnc7[nH]cc(C(=O)c8c(F)ccc(NS(=O)(=O)N9CC[C@@H](F)C9)c8F)c7c6)cc5)CC4)ccc3C2=O)C(=O)N1. The van der Waals surface area contributed by atoms with Crippen molar-refractivity contribution in [3.8, 4) is 11.1 Å². The highest BCUT2D eigenvalue weighted by Crippen LogP contribution is 2.33. The second-order valence-corrected chi connectivity index (χ2v) is 17.3. The number of alkyl halides is 1. The lowest BCUT2D eigenvalue weighted by atomic mass is 9.99. The third-order valence-corrected chi connectivity index (χ3v) is 13.3. The quantitative estimate of drug-likeness (QED) is 0.156. The summed E-state index contributed by atoms with van der Waals surface area (Å²) in [5, 5.41) is 3.11. The van der Waals surface area contributed by atoms with Gasteiger partial charge in [0, 0.05) is 98.2 Å². The van der Waals surface area contributed by atoms with E-state index in [-0.39, 0.29) is 36.9 Å². The molecule has 13 nitrogen and oxygen atoms in total. The molecular weight excluding hydrogens is 798 g/mol. The van der Waals surface area contributed by atoms with Gasteiger partial charge in [-0.05, 0) is 72.4 Å². The van der Waals surface area contributed by atoms with E-state index in [4.69, 9.17) is 0 Å². The summed E-state index contributed by atoms with van der Waals surface area (Å²) in [5.41, 5.74) is 4.59. The molecule has 2 atom stereocenters. The first-order chi connectivity index (χ1) is 28.8. The zero-order chi connectivity index (χ0) is 41.9. The minimum atomic E-state index is -4.36. The van der Waals surface area contributed by atoms with E-state index >= 15 is 8.78 Å². The van der Waals surface area contributed by atoms with Crippen LogP contribution in [-0.2, 0) is 28.1 Å². The van der Waals surface area contributed by atoms with E-state index < -0.39 is 51.1 Å². The molecule has 1 unspecified atom stereocenters. The van der Waals surface area contributed by atoms with Crippen LogP contribution in [0.3, 0.4) is 0 Å². The highest BCUT2D eigenvalue weighted by atomic mass is 32.2. The molecule has 4 aliphatic rings. The molecule has 5 aromatic rings. The van der Waals surface area contributed by atoms with Crippen molar-refractivity contribution in [2.45, 2.75) is 44.6 Å². The highest BCUT2D eigenvalue weighted by Gasteiger charge is 2.38. The van der Waals surface area contributed by atoms with Crippen molar-refractivity contribution in [3.63, 3.8) is 0 Å². The van der Waals surface area contributed by atoms with Crippen LogP contribution in [0.1, 0.15) is 56.7 Å². The van der Waals surface area contributed by atoms with E-state index in [2.05, 4.69) is 37.7 Å². The van der Waals surface area contributed by atoms with Gasteiger partial charge in [-0.3, -0.25) is 24.0 Å². The molecular formula is C43H41F3N8O5S. The Kier molecular flexibility index (Phi) is 10.2. The lowest BCUT2D eigenvalue weighted by Gasteiger charge is -2.36. The fourth-order valence-corrected chi connectivity index (χ4v) is 9.79. The predicted octanol–water partition coefficient (Wildman–Crippen LogP) is 5.51. The number of fused-ring (bicyclic) bond motifs is 2. The van der Waals surface area contributed by atoms with Crippen LogP contribution in [0.25, 0.3) is 22.2 Å². The molecule has 60 heavy (non-hydrogen) atoms. The standard InChI is InChI=1S/C43H41F3N8O5S/c1-25-2-11-37(42(56)49-25)54-23-29-18-26(3-8-32(29)43(54)57)22-51-14-16-52(17-15-51)31-6-4-27(5-7-31)28-19-33-34(21-48-41(33)47-20-28)40(55)38-35(45)9-10-36(39(38)46)50-60(58,59)53-13-12-30(44)24-53/h3-10,18-21,30,37,50H,1-2,11-17,22-24H2,(H,47,48)(H,49,56)/t30-,37?/m1/s1. The van der Waals surface area contributed by atoms with Crippen molar-refractivity contribution in [1.82, 2.24) is 29.4 Å². The summed E-state index contributed by atoms with van der Waals surface area (Å²) in [6.07, 6.45) is 2.82. The number of pyridine rings is 1. The number of H-pyrrole nitrogens is 1. The average molecular weight is 839 g/mol. The first-order valence-corrected chi connectivity index (χ1v) is 21.2. The second kappa shape index (κ2) is 15.5. The number of amides is 2. The summed E-state index contributed by atoms with van der Waals surface area (Å²) in [6.45, 7) is 7.76. The van der Waals surface area contributed by atoms with Crippen LogP contribution >= 0.6 is 0 Å². The van der Waals surface area contributed by atoms with Gasteiger partial charge in [0.05, 0.1) is 11.3 Å². The van der Waals surface area contributed by atoms with Gasteiger partial charge in [-0.15, -0.1) is 0 Å². The largest absolute Gasteiger partial charge is 0.369 e. The number of carbonyl (C=O) groups excluding carboxylic acids is 3. The first kappa shape index (κ1) is 39.4. The molecule has 0 radical (unpaired) electrons. The van der Waals surface area contributed by atoms with Crippen molar-refractivity contribution in [3.05, 3.63) is 125 Å². The van der Waals surface area contributed by atoms with Crippen molar-refractivity contribution in [1.29, 1.82) is 0 Å². The number of aromatic nitrogens is 2. The molecule has 0 bridgehead atoms. The molecule has 4 aliphatic heterocycles. The van der Waals surface area contributed by atoms with E-state index in [0.717, 1.165) is 71.5 Å². The molecule has 3 fully saturated rings. The fraction of sp³-hybridized carbons (Fsp3) is 0.302. The topological polar surface area (TPSA) is 151 Å². The number of benzene rings is 3. The van der Waals surface area contributed by atoms with Crippen molar-refractivity contribution in [2.75, 3.05) is 48.9 Å². The number of rotatable bonds is 10. The summed E-state index contributed by atoms with van der Waals surface area (Å²) in [6, 6.07) is 16.8. The molecule has 0 saturated carbocycles. The highest BCUT2D eigenvalue weighted by molar-refractivity contribution is 7.90. The Bertz CT molecular complexity index is 2680. The number of allylic oxidation sites excluding steroid dienone is 1. The Morgan fingerprint density at radius 1 is 0.950 bits per heavy atom. The molecule has 0 aliphatic carbocycles. The van der Waals surface area contributed by atoms with Gasteiger partial charge in [0.2, 0.25) is 11.7 Å². The molecule has 3 saturated heterocycles. The summed E-state index contributed by atoms with van der Waals surface area (Å²) in [5.74, 6) is -3.86. The smallest absolute Gasteiger partial charge is 0.301 e. The van der Waals surface area contributed by atoms with E-state index in [1.807, 2.05) is 41.1 Å². The average Bonchev–Trinajstić information content (AvgIpc) is 3.96. The molecule has 2 aromatic heterocycles. The maximum Gasteiger partial charge on any atom is 0.301 e. The molecule has 9 rings (SSSR count). The molecule has 3 aromatic carbocycles. The van der Waals surface area contributed by atoms with E-state index in [9.17, 15) is 27.2 Å². The van der Waals surface area contributed by atoms with Crippen LogP contribution in [0, 0.1) is 11.6 Å². The number of ketones is 1. The monoisotopic (exact) mass is 838 g/mol. The third-order valence-electron chi connectivity index (χ3n) is 11.8. The van der Waals surface area contributed by atoms with Gasteiger partial charge < -0.3 is 20.1 Å². The second-order valence-electron chi connectivity index (χ2n) is 15.7. The fourth-order valence-electron chi connectivity index (χ4n) is 8.53. The van der Waals surface area contributed by atoms with Crippen molar-refractivity contribution in [2.24, 2.45) is 0 Å². The van der Waals surface area contributed by atoms with Crippen LogP contribution in [0.4, 0.5) is 24.5 Å². The predicted molar refractivity (Wildman–Crippen MR) is 219 cm³/mol. The summed E-state index contributed by atoms with van der Waals surface area (Å²) in [4.78, 5) is 53.1. The minimum absolute atomic E-state index is 0.00226. The molecule has 0 spiro atoms. The number of hydrogen-bond acceptors (Lipinski definition) is 8. The third kappa shape index (κ3) is 7.41. The number of piperidine rings is 1. The van der Waals surface area contributed by atoms with Gasteiger partial charge in [-0.25, -0.2) is 18.2 Å². The normalized spacial score (nSPS) is 20.2. The van der Waals surface area contributed by atoms with Crippen LogP contribution in [0.2, 0.25) is 0 Å².